The first-order valence-electron chi connectivity index (χ1n) is 5.28. The Kier molecular flexibility index (Phi) is 2.49. The number of carbonyl (C=O) groups is 1. The van der Waals surface area contributed by atoms with Crippen molar-refractivity contribution in [3.8, 4) is 0 Å². The first-order valence-corrected chi connectivity index (χ1v) is 5.28. The first-order chi connectivity index (χ1) is 6.63. The van der Waals surface area contributed by atoms with Gasteiger partial charge in [0, 0.05) is 19.0 Å². The molecule has 4 atom stereocenters. The van der Waals surface area contributed by atoms with E-state index in [0.717, 1.165) is 12.8 Å². The number of likely N-dealkylation sites (tertiary alicyclic amines) is 1. The molecule has 2 aliphatic rings. The average molecular weight is 199 g/mol. The van der Waals surface area contributed by atoms with E-state index in [-0.39, 0.29) is 11.8 Å². The fraction of sp³-hybridized carbons (Fsp3) is 0.900. The van der Waals surface area contributed by atoms with Crippen molar-refractivity contribution in [2.24, 2.45) is 11.8 Å². The molecule has 0 unspecified atom stereocenters. The average Bonchev–Trinajstić information content (AvgIpc) is 2.87. The van der Waals surface area contributed by atoms with Gasteiger partial charge in [0.15, 0.2) is 0 Å². The first kappa shape index (κ1) is 9.93. The highest BCUT2D eigenvalue weighted by Crippen LogP contribution is 2.42. The predicted molar refractivity (Wildman–Crippen MR) is 50.5 cm³/mol. The molecule has 1 heterocycles. The number of nitrogens with zero attached hydrogens (tertiary/aromatic N) is 1. The summed E-state index contributed by atoms with van der Waals surface area (Å²) in [6.45, 7) is 2.69. The quantitative estimate of drug-likeness (QED) is 0.636. The lowest BCUT2D eigenvalue weighted by atomic mass is 10.2. The van der Waals surface area contributed by atoms with Crippen molar-refractivity contribution >= 4 is 5.91 Å². The van der Waals surface area contributed by atoms with E-state index in [2.05, 4.69) is 6.92 Å². The molecular weight excluding hydrogens is 182 g/mol. The summed E-state index contributed by atoms with van der Waals surface area (Å²) in [4.78, 5) is 13.4. The van der Waals surface area contributed by atoms with Crippen LogP contribution in [0.5, 0.6) is 0 Å². The van der Waals surface area contributed by atoms with Gasteiger partial charge < -0.3 is 15.1 Å². The van der Waals surface area contributed by atoms with Gasteiger partial charge in [0.25, 0.3) is 0 Å². The number of rotatable bonds is 2. The number of carbonyl (C=O) groups excluding carboxylic acids is 1. The molecule has 0 aromatic carbocycles. The summed E-state index contributed by atoms with van der Waals surface area (Å²) in [5.41, 5.74) is 0. The van der Waals surface area contributed by atoms with E-state index in [1.54, 1.807) is 4.90 Å². The van der Waals surface area contributed by atoms with Crippen molar-refractivity contribution in [2.75, 3.05) is 13.1 Å². The molecule has 0 aromatic rings. The molecule has 2 rings (SSSR count). The maximum absolute atomic E-state index is 11.8. The highest BCUT2D eigenvalue weighted by atomic mass is 16.3. The van der Waals surface area contributed by atoms with Crippen LogP contribution in [0.3, 0.4) is 0 Å². The standard InChI is InChI=1S/C10H17NO3/c1-2-6-3-7(6)10(14)11-4-8(12)9(13)5-11/h6-9,12-13H,2-5H2,1H3/t6-,7-,8-,9+/m1/s1. The molecule has 80 valence electrons. The van der Waals surface area contributed by atoms with Gasteiger partial charge in [-0.15, -0.1) is 0 Å². The van der Waals surface area contributed by atoms with Crippen molar-refractivity contribution in [3.05, 3.63) is 0 Å². The van der Waals surface area contributed by atoms with Crippen molar-refractivity contribution in [3.63, 3.8) is 0 Å². The zero-order valence-corrected chi connectivity index (χ0v) is 8.39. The lowest BCUT2D eigenvalue weighted by Gasteiger charge is -2.14. The van der Waals surface area contributed by atoms with E-state index < -0.39 is 12.2 Å². The van der Waals surface area contributed by atoms with Crippen LogP contribution in [0.15, 0.2) is 0 Å². The van der Waals surface area contributed by atoms with E-state index >= 15 is 0 Å². The number of amides is 1. The van der Waals surface area contributed by atoms with Crippen LogP contribution in [0.4, 0.5) is 0 Å². The van der Waals surface area contributed by atoms with Crippen LogP contribution in [0.25, 0.3) is 0 Å². The minimum absolute atomic E-state index is 0.118. The second-order valence-electron chi connectivity index (χ2n) is 4.39. The van der Waals surface area contributed by atoms with Gasteiger partial charge in [-0.2, -0.15) is 0 Å². The third-order valence-electron chi connectivity index (χ3n) is 3.33. The molecule has 0 aromatic heterocycles. The Hall–Kier alpha value is -0.610. The van der Waals surface area contributed by atoms with Crippen LogP contribution in [0, 0.1) is 11.8 Å². The maximum atomic E-state index is 11.8. The second-order valence-corrected chi connectivity index (χ2v) is 4.39. The Morgan fingerprint density at radius 2 is 1.93 bits per heavy atom. The summed E-state index contributed by atoms with van der Waals surface area (Å²) in [6.07, 6.45) is 0.531. The van der Waals surface area contributed by atoms with Crippen LogP contribution in [-0.2, 0) is 4.79 Å². The fourth-order valence-electron chi connectivity index (χ4n) is 2.19. The molecule has 1 aliphatic carbocycles. The largest absolute Gasteiger partial charge is 0.388 e. The molecule has 1 saturated carbocycles. The Balaban J connectivity index is 1.88. The van der Waals surface area contributed by atoms with Crippen LogP contribution in [-0.4, -0.2) is 46.3 Å². The summed E-state index contributed by atoms with van der Waals surface area (Å²) in [7, 11) is 0. The van der Waals surface area contributed by atoms with Crippen LogP contribution < -0.4 is 0 Å². The maximum Gasteiger partial charge on any atom is 0.226 e. The molecule has 0 spiro atoms. The fourth-order valence-corrected chi connectivity index (χ4v) is 2.19. The molecule has 2 N–H and O–H groups in total. The molecule has 1 amide bonds. The summed E-state index contributed by atoms with van der Waals surface area (Å²) in [5, 5.41) is 18.6. The Labute approximate surface area is 83.5 Å². The van der Waals surface area contributed by atoms with Crippen molar-refractivity contribution in [2.45, 2.75) is 32.0 Å². The summed E-state index contributed by atoms with van der Waals surface area (Å²) in [6, 6.07) is 0. The molecular formula is C10H17NO3. The lowest BCUT2D eigenvalue weighted by Crippen LogP contribution is -2.31. The SMILES string of the molecule is CC[C@@H]1C[C@H]1C(=O)N1C[C@@H](O)[C@@H](O)C1. The number of aliphatic hydroxyl groups is 2. The molecule has 0 radical (unpaired) electrons. The number of aliphatic hydroxyl groups excluding tert-OH is 2. The normalized spacial score (nSPS) is 41.5. The van der Waals surface area contributed by atoms with Crippen molar-refractivity contribution in [1.29, 1.82) is 0 Å². The van der Waals surface area contributed by atoms with Gasteiger partial charge in [-0.3, -0.25) is 4.79 Å². The smallest absolute Gasteiger partial charge is 0.226 e. The molecule has 4 nitrogen and oxygen atoms in total. The van der Waals surface area contributed by atoms with Gasteiger partial charge in [-0.1, -0.05) is 13.3 Å². The van der Waals surface area contributed by atoms with E-state index in [1.807, 2.05) is 0 Å². The molecule has 2 fully saturated rings. The number of hydrogen-bond acceptors (Lipinski definition) is 3. The minimum atomic E-state index is -0.752. The third kappa shape index (κ3) is 1.64. The van der Waals surface area contributed by atoms with Gasteiger partial charge in [-0.05, 0) is 12.3 Å². The predicted octanol–water partition coefficient (Wildman–Crippen LogP) is -0.404. The zero-order chi connectivity index (χ0) is 10.3. The van der Waals surface area contributed by atoms with Gasteiger partial charge in [-0.25, -0.2) is 0 Å². The summed E-state index contributed by atoms with van der Waals surface area (Å²) < 4.78 is 0. The molecule has 14 heavy (non-hydrogen) atoms. The minimum Gasteiger partial charge on any atom is -0.388 e. The Bertz CT molecular complexity index is 234. The number of β-amino-alcohol motifs (C(OH)–C–C–N with tert-alkyl or cyclic N) is 2. The molecule has 4 heteroatoms. The van der Waals surface area contributed by atoms with E-state index in [9.17, 15) is 15.0 Å². The van der Waals surface area contributed by atoms with Crippen LogP contribution >= 0.6 is 0 Å². The van der Waals surface area contributed by atoms with Crippen molar-refractivity contribution in [1.82, 2.24) is 4.90 Å². The van der Waals surface area contributed by atoms with Crippen LogP contribution in [0.1, 0.15) is 19.8 Å². The molecule has 1 saturated heterocycles. The van der Waals surface area contributed by atoms with Crippen molar-refractivity contribution < 1.29 is 15.0 Å². The highest BCUT2D eigenvalue weighted by molar-refractivity contribution is 5.82. The topological polar surface area (TPSA) is 60.8 Å². The van der Waals surface area contributed by atoms with E-state index in [1.165, 1.54) is 0 Å². The summed E-state index contributed by atoms with van der Waals surface area (Å²) >= 11 is 0. The van der Waals surface area contributed by atoms with Gasteiger partial charge in [0.05, 0.1) is 12.2 Å². The van der Waals surface area contributed by atoms with Gasteiger partial charge in [0.2, 0.25) is 5.91 Å². The second kappa shape index (κ2) is 3.51. The van der Waals surface area contributed by atoms with Gasteiger partial charge in [0.1, 0.15) is 0 Å². The van der Waals surface area contributed by atoms with Crippen LogP contribution in [0.2, 0.25) is 0 Å². The third-order valence-corrected chi connectivity index (χ3v) is 3.33. The van der Waals surface area contributed by atoms with Gasteiger partial charge >= 0.3 is 0 Å². The van der Waals surface area contributed by atoms with E-state index in [4.69, 9.17) is 0 Å². The summed E-state index contributed by atoms with van der Waals surface area (Å²) in [5.74, 6) is 0.822. The zero-order valence-electron chi connectivity index (χ0n) is 8.39. The highest BCUT2D eigenvalue weighted by Gasteiger charge is 2.45. The molecule has 0 bridgehead atoms. The molecule has 1 aliphatic heterocycles. The Morgan fingerprint density at radius 3 is 2.36 bits per heavy atom. The number of hydrogen-bond donors (Lipinski definition) is 2. The van der Waals surface area contributed by atoms with E-state index in [0.29, 0.717) is 19.0 Å². The monoisotopic (exact) mass is 199 g/mol. The lowest BCUT2D eigenvalue weighted by molar-refractivity contribution is -0.132. The Morgan fingerprint density at radius 1 is 1.36 bits per heavy atom.